The number of rotatable bonds is 9. The summed E-state index contributed by atoms with van der Waals surface area (Å²) >= 11 is 0. The first-order chi connectivity index (χ1) is 14.9. The number of carboxylic acid groups (broad SMARTS) is 1. The van der Waals surface area contributed by atoms with E-state index in [4.69, 9.17) is 4.74 Å². The van der Waals surface area contributed by atoms with Gasteiger partial charge in [-0.15, -0.1) is 0 Å². The van der Waals surface area contributed by atoms with Crippen molar-refractivity contribution < 1.29 is 37.3 Å². The molecule has 0 heterocycles. The molecule has 4 nitrogen and oxygen atoms in total. The fourth-order valence-corrected chi connectivity index (χ4v) is 3.03. The minimum atomic E-state index is -4.33. The molecule has 0 unspecified atom stereocenters. The zero-order valence-corrected chi connectivity index (χ0v) is 17.7. The molecule has 0 amide bonds. The quantitative estimate of drug-likeness (QED) is 0.258. The summed E-state index contributed by atoms with van der Waals surface area (Å²) < 4.78 is 56.2. The monoisotopic (exact) mass is 452 g/mol. The largest absolute Gasteiger partial charge is 0.507 e. The van der Waals surface area contributed by atoms with Crippen molar-refractivity contribution in [2.75, 3.05) is 6.61 Å². The summed E-state index contributed by atoms with van der Waals surface area (Å²) in [5, 5.41) is 20.5. The molecular formula is C24H24F4O4. The van der Waals surface area contributed by atoms with Crippen LogP contribution in [0.5, 0.6) is 11.5 Å². The van der Waals surface area contributed by atoms with Crippen molar-refractivity contribution in [1.29, 1.82) is 0 Å². The van der Waals surface area contributed by atoms with Crippen molar-refractivity contribution in [2.24, 2.45) is 0 Å². The van der Waals surface area contributed by atoms with Crippen LogP contribution in [-0.2, 0) is 6.42 Å². The van der Waals surface area contributed by atoms with E-state index in [9.17, 15) is 32.6 Å². The van der Waals surface area contributed by atoms with E-state index in [1.54, 1.807) is 6.08 Å². The Morgan fingerprint density at radius 3 is 2.34 bits per heavy atom. The van der Waals surface area contributed by atoms with E-state index >= 15 is 0 Å². The minimum Gasteiger partial charge on any atom is -0.507 e. The maximum Gasteiger partial charge on any atom is 0.389 e. The fraction of sp³-hybridized carbons (Fsp3) is 0.292. The van der Waals surface area contributed by atoms with Gasteiger partial charge in [0.05, 0.1) is 6.61 Å². The van der Waals surface area contributed by atoms with Crippen LogP contribution >= 0.6 is 0 Å². The van der Waals surface area contributed by atoms with Gasteiger partial charge in [-0.05, 0) is 56.0 Å². The normalized spacial score (nSPS) is 11.2. The Hall–Kier alpha value is -3.29. The lowest BCUT2D eigenvalue weighted by Crippen LogP contribution is -2.11. The Labute approximate surface area is 183 Å². The first kappa shape index (κ1) is 25.0. The fourth-order valence-electron chi connectivity index (χ4n) is 3.03. The number of phenols is 1. The van der Waals surface area contributed by atoms with Gasteiger partial charge in [0.25, 0.3) is 0 Å². The molecule has 0 bridgehead atoms. The summed E-state index contributed by atoms with van der Waals surface area (Å²) in [4.78, 5) is 12.0. The molecule has 0 atom stereocenters. The molecule has 0 saturated carbocycles. The number of halogens is 4. The van der Waals surface area contributed by atoms with Crippen LogP contribution in [0.15, 0.2) is 48.6 Å². The van der Waals surface area contributed by atoms with Gasteiger partial charge in [0, 0.05) is 17.5 Å². The smallest absolute Gasteiger partial charge is 0.389 e. The number of carbonyl (C=O) groups is 1. The van der Waals surface area contributed by atoms with Crippen LogP contribution < -0.4 is 4.74 Å². The average molecular weight is 452 g/mol. The van der Waals surface area contributed by atoms with Gasteiger partial charge in [0.15, 0.2) is 0 Å². The lowest BCUT2D eigenvalue weighted by atomic mass is 9.91. The van der Waals surface area contributed by atoms with Crippen molar-refractivity contribution in [2.45, 2.75) is 39.3 Å². The van der Waals surface area contributed by atoms with Crippen molar-refractivity contribution in [3.8, 4) is 11.5 Å². The number of hydrogen-bond acceptors (Lipinski definition) is 3. The number of ether oxygens (including phenoxy) is 1. The summed E-state index contributed by atoms with van der Waals surface area (Å²) in [5.74, 6) is -2.40. The number of alkyl halides is 3. The molecule has 0 aliphatic carbocycles. The SMILES string of the molecule is C=C(c1ccc(F)cc1)c1cc(OCCCC(F)(F)F)c(CC=C(C)C)c(O)c1C(=O)O. The highest BCUT2D eigenvalue weighted by Crippen LogP contribution is 2.39. The average Bonchev–Trinajstić information content (AvgIpc) is 2.69. The lowest BCUT2D eigenvalue weighted by molar-refractivity contribution is -0.136. The van der Waals surface area contributed by atoms with E-state index in [1.807, 2.05) is 13.8 Å². The van der Waals surface area contributed by atoms with Gasteiger partial charge in [-0.3, -0.25) is 0 Å². The zero-order valence-electron chi connectivity index (χ0n) is 17.7. The van der Waals surface area contributed by atoms with Gasteiger partial charge in [-0.25, -0.2) is 9.18 Å². The summed E-state index contributed by atoms with van der Waals surface area (Å²) in [6.07, 6.45) is -3.82. The predicted octanol–water partition coefficient (Wildman–Crippen LogP) is 6.52. The molecule has 172 valence electrons. The molecule has 0 aromatic heterocycles. The predicted molar refractivity (Wildman–Crippen MR) is 114 cm³/mol. The first-order valence-corrected chi connectivity index (χ1v) is 9.81. The van der Waals surface area contributed by atoms with Crippen molar-refractivity contribution in [3.05, 3.63) is 76.6 Å². The Balaban J connectivity index is 2.55. The minimum absolute atomic E-state index is 0.0216. The lowest BCUT2D eigenvalue weighted by Gasteiger charge is -2.19. The Morgan fingerprint density at radius 1 is 1.19 bits per heavy atom. The molecule has 2 rings (SSSR count). The third kappa shape index (κ3) is 6.60. The Kier molecular flexibility index (Phi) is 8.08. The highest BCUT2D eigenvalue weighted by atomic mass is 19.4. The summed E-state index contributed by atoms with van der Waals surface area (Å²) in [7, 11) is 0. The van der Waals surface area contributed by atoms with Crippen LogP contribution in [0.1, 0.15) is 53.7 Å². The van der Waals surface area contributed by atoms with E-state index in [1.165, 1.54) is 30.3 Å². The van der Waals surface area contributed by atoms with Gasteiger partial charge < -0.3 is 14.9 Å². The molecule has 0 saturated heterocycles. The molecule has 0 radical (unpaired) electrons. The second-order valence-corrected chi connectivity index (χ2v) is 7.47. The molecule has 32 heavy (non-hydrogen) atoms. The molecule has 8 heteroatoms. The van der Waals surface area contributed by atoms with Gasteiger partial charge in [0.1, 0.15) is 22.9 Å². The van der Waals surface area contributed by atoms with Gasteiger partial charge in [-0.2, -0.15) is 13.2 Å². The third-order valence-corrected chi connectivity index (χ3v) is 4.67. The van der Waals surface area contributed by atoms with Crippen molar-refractivity contribution >= 4 is 11.5 Å². The molecule has 2 N–H and O–H groups in total. The first-order valence-electron chi connectivity index (χ1n) is 9.81. The number of carboxylic acids is 1. The zero-order chi connectivity index (χ0) is 24.1. The van der Waals surface area contributed by atoms with Crippen molar-refractivity contribution in [1.82, 2.24) is 0 Å². The van der Waals surface area contributed by atoms with Crippen LogP contribution in [0, 0.1) is 5.82 Å². The molecular weight excluding hydrogens is 428 g/mol. The Bertz CT molecular complexity index is 1020. The van der Waals surface area contributed by atoms with E-state index in [-0.39, 0.29) is 41.9 Å². The molecule has 0 fully saturated rings. The molecule has 2 aromatic carbocycles. The number of benzene rings is 2. The van der Waals surface area contributed by atoms with Crippen LogP contribution in [0.3, 0.4) is 0 Å². The van der Waals surface area contributed by atoms with Gasteiger partial charge in [-0.1, -0.05) is 30.4 Å². The van der Waals surface area contributed by atoms with Crippen LogP contribution in [-0.4, -0.2) is 29.0 Å². The summed E-state index contributed by atoms with van der Waals surface area (Å²) in [6, 6.07) is 6.51. The second-order valence-electron chi connectivity index (χ2n) is 7.47. The highest BCUT2D eigenvalue weighted by molar-refractivity contribution is 6.00. The standard InChI is InChI=1S/C24H24F4O4/c1-14(2)5-10-18-20(32-12-4-11-24(26,27)28)13-19(21(22(18)29)23(30)31)15(3)16-6-8-17(25)9-7-16/h5-9,13,29H,3-4,10-12H2,1-2H3,(H,30,31). The summed E-state index contributed by atoms with van der Waals surface area (Å²) in [6.45, 7) is 7.21. The van der Waals surface area contributed by atoms with Gasteiger partial charge in [0.2, 0.25) is 0 Å². The second kappa shape index (κ2) is 10.3. The number of aromatic carboxylic acids is 1. The van der Waals surface area contributed by atoms with Gasteiger partial charge >= 0.3 is 12.1 Å². The highest BCUT2D eigenvalue weighted by Gasteiger charge is 2.27. The summed E-state index contributed by atoms with van der Waals surface area (Å²) in [5.41, 5.74) is 1.24. The number of aromatic hydroxyl groups is 1. The maximum atomic E-state index is 13.3. The Morgan fingerprint density at radius 2 is 1.81 bits per heavy atom. The van der Waals surface area contributed by atoms with E-state index in [2.05, 4.69) is 6.58 Å². The topological polar surface area (TPSA) is 66.8 Å². The number of hydrogen-bond donors (Lipinski definition) is 2. The third-order valence-electron chi connectivity index (χ3n) is 4.67. The molecule has 0 aliphatic heterocycles. The van der Waals surface area contributed by atoms with Crippen molar-refractivity contribution in [3.63, 3.8) is 0 Å². The van der Waals surface area contributed by atoms with E-state index < -0.39 is 35.7 Å². The maximum absolute atomic E-state index is 13.3. The van der Waals surface area contributed by atoms with Crippen LogP contribution in [0.4, 0.5) is 17.6 Å². The molecule has 0 aliphatic rings. The van der Waals surface area contributed by atoms with Crippen LogP contribution in [0.25, 0.3) is 5.57 Å². The van der Waals surface area contributed by atoms with E-state index in [0.717, 1.165) is 5.57 Å². The molecule has 2 aromatic rings. The van der Waals surface area contributed by atoms with Crippen LogP contribution in [0.2, 0.25) is 0 Å². The van der Waals surface area contributed by atoms with E-state index in [0.29, 0.717) is 5.56 Å². The number of allylic oxidation sites excluding steroid dienone is 2. The molecule has 0 spiro atoms.